The molecule has 6 nitrogen and oxygen atoms in total. The lowest BCUT2D eigenvalue weighted by Crippen LogP contribution is -2.30. The number of ether oxygens (including phenoxy) is 1. The molecule has 1 aromatic heterocycles. The maximum Gasteiger partial charge on any atom is 0.296 e. The van der Waals surface area contributed by atoms with Crippen LogP contribution >= 0.6 is 0 Å². The molecule has 2 aromatic rings. The smallest absolute Gasteiger partial charge is 0.296 e. The standard InChI is InChI=1S/C19H19NO5/c1-12(2)11-25-14-7-5-13(6-8-14)16-17(21)19(23)20(18(16)22)10-15-4-3-9-24-15/h3-9,12,21H,10-11H2,1-2H3. The van der Waals surface area contributed by atoms with Crippen LogP contribution in [0.15, 0.2) is 52.8 Å². The minimum atomic E-state index is -0.725. The van der Waals surface area contributed by atoms with Crippen LogP contribution in [0.2, 0.25) is 0 Å². The van der Waals surface area contributed by atoms with E-state index in [-0.39, 0.29) is 12.1 Å². The molecule has 3 rings (SSSR count). The number of amides is 2. The Hall–Kier alpha value is -3.02. The van der Waals surface area contributed by atoms with Gasteiger partial charge in [0.15, 0.2) is 5.76 Å². The van der Waals surface area contributed by atoms with E-state index < -0.39 is 17.6 Å². The number of hydrogen-bond acceptors (Lipinski definition) is 5. The second-order valence-electron chi connectivity index (χ2n) is 6.23. The van der Waals surface area contributed by atoms with Crippen LogP contribution in [-0.2, 0) is 16.1 Å². The molecule has 0 radical (unpaired) electrons. The summed E-state index contributed by atoms with van der Waals surface area (Å²) in [5, 5.41) is 10.1. The maximum absolute atomic E-state index is 12.6. The molecule has 25 heavy (non-hydrogen) atoms. The van der Waals surface area contributed by atoms with Gasteiger partial charge in [0, 0.05) is 0 Å². The lowest BCUT2D eigenvalue weighted by Gasteiger charge is -2.12. The van der Waals surface area contributed by atoms with Gasteiger partial charge in [0.25, 0.3) is 11.8 Å². The highest BCUT2D eigenvalue weighted by Gasteiger charge is 2.39. The Bertz CT molecular complexity index is 803. The van der Waals surface area contributed by atoms with Crippen molar-refractivity contribution in [1.29, 1.82) is 0 Å². The highest BCUT2D eigenvalue weighted by Crippen LogP contribution is 2.30. The molecule has 1 aliphatic heterocycles. The molecule has 0 fully saturated rings. The van der Waals surface area contributed by atoms with Gasteiger partial charge in [-0.2, -0.15) is 0 Å². The van der Waals surface area contributed by atoms with Crippen LogP contribution in [0.3, 0.4) is 0 Å². The first-order chi connectivity index (χ1) is 12.0. The summed E-state index contributed by atoms with van der Waals surface area (Å²) in [4.78, 5) is 25.7. The molecule has 1 aromatic carbocycles. The summed E-state index contributed by atoms with van der Waals surface area (Å²) >= 11 is 0. The molecule has 130 valence electrons. The first kappa shape index (κ1) is 16.8. The number of aliphatic hydroxyl groups excluding tert-OH is 1. The van der Waals surface area contributed by atoms with Gasteiger partial charge in [0.1, 0.15) is 11.5 Å². The van der Waals surface area contributed by atoms with E-state index in [1.807, 2.05) is 13.8 Å². The maximum atomic E-state index is 12.6. The minimum absolute atomic E-state index is 0.00744. The third-order valence-electron chi connectivity index (χ3n) is 3.76. The van der Waals surface area contributed by atoms with Gasteiger partial charge in [-0.3, -0.25) is 14.5 Å². The molecule has 0 spiro atoms. The molecule has 1 aliphatic rings. The summed E-state index contributed by atoms with van der Waals surface area (Å²) in [6.07, 6.45) is 1.46. The van der Waals surface area contributed by atoms with Gasteiger partial charge < -0.3 is 14.3 Å². The van der Waals surface area contributed by atoms with Crippen LogP contribution in [-0.4, -0.2) is 28.4 Å². The lowest BCUT2D eigenvalue weighted by molar-refractivity contribution is -0.139. The zero-order valence-electron chi connectivity index (χ0n) is 14.1. The molecule has 0 atom stereocenters. The Balaban J connectivity index is 1.79. The van der Waals surface area contributed by atoms with Crippen molar-refractivity contribution in [3.05, 3.63) is 59.7 Å². The van der Waals surface area contributed by atoms with Crippen molar-refractivity contribution in [2.45, 2.75) is 20.4 Å². The number of imide groups is 1. The molecule has 0 bridgehead atoms. The van der Waals surface area contributed by atoms with E-state index >= 15 is 0 Å². The third-order valence-corrected chi connectivity index (χ3v) is 3.76. The van der Waals surface area contributed by atoms with E-state index in [9.17, 15) is 14.7 Å². The summed E-state index contributed by atoms with van der Waals surface area (Å²) in [6, 6.07) is 10.1. The summed E-state index contributed by atoms with van der Waals surface area (Å²) in [5.74, 6) is -0.288. The number of benzene rings is 1. The largest absolute Gasteiger partial charge is 0.502 e. The van der Waals surface area contributed by atoms with Crippen molar-refractivity contribution in [2.75, 3.05) is 6.61 Å². The van der Waals surface area contributed by atoms with Crippen molar-refractivity contribution in [3.8, 4) is 5.75 Å². The Kier molecular flexibility index (Phi) is 4.61. The fourth-order valence-corrected chi connectivity index (χ4v) is 2.51. The second-order valence-corrected chi connectivity index (χ2v) is 6.23. The third kappa shape index (κ3) is 3.42. The number of carbonyl (C=O) groups is 2. The normalized spacial score (nSPS) is 14.8. The van der Waals surface area contributed by atoms with Crippen LogP contribution in [0.5, 0.6) is 5.75 Å². The van der Waals surface area contributed by atoms with E-state index in [4.69, 9.17) is 9.15 Å². The highest BCUT2D eigenvalue weighted by molar-refractivity contribution is 6.34. The summed E-state index contributed by atoms with van der Waals surface area (Å²) < 4.78 is 10.8. The average molecular weight is 341 g/mol. The van der Waals surface area contributed by atoms with Gasteiger partial charge in [-0.05, 0) is 35.7 Å². The number of furan rings is 1. The summed E-state index contributed by atoms with van der Waals surface area (Å²) in [5.41, 5.74) is 0.460. The van der Waals surface area contributed by atoms with Gasteiger partial charge in [0.05, 0.1) is 25.0 Å². The minimum Gasteiger partial charge on any atom is -0.502 e. The molecule has 2 amide bonds. The van der Waals surface area contributed by atoms with Crippen LogP contribution in [0, 0.1) is 5.92 Å². The van der Waals surface area contributed by atoms with E-state index in [0.717, 1.165) is 4.90 Å². The van der Waals surface area contributed by atoms with E-state index in [0.29, 0.717) is 29.6 Å². The average Bonchev–Trinajstić information content (AvgIpc) is 3.17. The summed E-state index contributed by atoms with van der Waals surface area (Å²) in [6.45, 7) is 4.66. The first-order valence-electron chi connectivity index (χ1n) is 8.02. The van der Waals surface area contributed by atoms with Gasteiger partial charge >= 0.3 is 0 Å². The predicted molar refractivity (Wildman–Crippen MR) is 90.6 cm³/mol. The second kappa shape index (κ2) is 6.84. The molecule has 0 unspecified atom stereocenters. The fraction of sp³-hybridized carbons (Fsp3) is 0.263. The Morgan fingerprint density at radius 3 is 2.44 bits per heavy atom. The quantitative estimate of drug-likeness (QED) is 0.817. The van der Waals surface area contributed by atoms with Crippen LogP contribution in [0.25, 0.3) is 5.57 Å². The monoisotopic (exact) mass is 341 g/mol. The molecule has 0 saturated carbocycles. The van der Waals surface area contributed by atoms with E-state index in [2.05, 4.69) is 0 Å². The molecule has 1 N–H and O–H groups in total. The number of nitrogens with zero attached hydrogens (tertiary/aromatic N) is 1. The van der Waals surface area contributed by atoms with Gasteiger partial charge in [-0.25, -0.2) is 0 Å². The van der Waals surface area contributed by atoms with Gasteiger partial charge in [-0.1, -0.05) is 26.0 Å². The predicted octanol–water partition coefficient (Wildman–Crippen LogP) is 3.15. The molecular formula is C19H19NO5. The Morgan fingerprint density at radius 1 is 1.12 bits per heavy atom. The zero-order chi connectivity index (χ0) is 18.0. The van der Waals surface area contributed by atoms with E-state index in [1.165, 1.54) is 6.26 Å². The van der Waals surface area contributed by atoms with Crippen molar-refractivity contribution >= 4 is 17.4 Å². The number of rotatable bonds is 6. The van der Waals surface area contributed by atoms with Crippen molar-refractivity contribution in [2.24, 2.45) is 5.92 Å². The fourth-order valence-electron chi connectivity index (χ4n) is 2.51. The molecule has 0 saturated heterocycles. The Labute approximate surface area is 145 Å². The highest BCUT2D eigenvalue weighted by atomic mass is 16.5. The number of hydrogen-bond donors (Lipinski definition) is 1. The van der Waals surface area contributed by atoms with E-state index in [1.54, 1.807) is 36.4 Å². The topological polar surface area (TPSA) is 80.0 Å². The van der Waals surface area contributed by atoms with Crippen LogP contribution in [0.4, 0.5) is 0 Å². The van der Waals surface area contributed by atoms with Crippen molar-refractivity contribution < 1.29 is 23.8 Å². The van der Waals surface area contributed by atoms with Gasteiger partial charge in [0.2, 0.25) is 0 Å². The van der Waals surface area contributed by atoms with Crippen LogP contribution < -0.4 is 4.74 Å². The molecule has 6 heteroatoms. The van der Waals surface area contributed by atoms with Crippen molar-refractivity contribution in [1.82, 2.24) is 4.90 Å². The van der Waals surface area contributed by atoms with Crippen LogP contribution in [0.1, 0.15) is 25.2 Å². The molecule has 0 aliphatic carbocycles. The zero-order valence-corrected chi connectivity index (χ0v) is 14.1. The molecular weight excluding hydrogens is 322 g/mol. The van der Waals surface area contributed by atoms with Crippen molar-refractivity contribution in [3.63, 3.8) is 0 Å². The molecule has 2 heterocycles. The van der Waals surface area contributed by atoms with Gasteiger partial charge in [-0.15, -0.1) is 0 Å². The Morgan fingerprint density at radius 2 is 1.84 bits per heavy atom. The SMILES string of the molecule is CC(C)COc1ccc(C2=C(O)C(=O)N(Cc3ccco3)C2=O)cc1. The first-order valence-corrected chi connectivity index (χ1v) is 8.02. The number of aliphatic hydroxyl groups is 1. The lowest BCUT2D eigenvalue weighted by atomic mass is 10.1. The summed E-state index contributed by atoms with van der Waals surface area (Å²) in [7, 11) is 0. The number of carbonyl (C=O) groups excluding carboxylic acids is 2.